The summed E-state index contributed by atoms with van der Waals surface area (Å²) in [5.41, 5.74) is -4.85. The van der Waals surface area contributed by atoms with Crippen molar-refractivity contribution in [2.45, 2.75) is 77.2 Å². The number of hydrogen-bond acceptors (Lipinski definition) is 8. The zero-order valence-corrected chi connectivity index (χ0v) is 25.6. The lowest BCUT2D eigenvalue weighted by molar-refractivity contribution is -0.225. The number of allylic oxidation sites excluding steroid dienone is 4. The van der Waals surface area contributed by atoms with Crippen LogP contribution in [0.15, 0.2) is 48.1 Å². The highest BCUT2D eigenvalue weighted by Gasteiger charge is 2.77. The van der Waals surface area contributed by atoms with Crippen LogP contribution in [0.2, 0.25) is 0 Å². The number of aliphatic hydroxyl groups is 1. The molecule has 5 rings (SSSR count). The van der Waals surface area contributed by atoms with E-state index in [1.807, 2.05) is 13.8 Å². The van der Waals surface area contributed by atoms with Crippen LogP contribution in [0.1, 0.15) is 70.2 Å². The highest BCUT2D eigenvalue weighted by Crippen LogP contribution is 2.71. The Labute approximate surface area is 250 Å². The van der Waals surface area contributed by atoms with E-state index in [1.54, 1.807) is 44.2 Å². The third kappa shape index (κ3) is 4.25. The standard InChI is InChI=1S/C33H39FO7S/c1-6-28(38)41-33(29(39)42-18-26(36)20-7-10-23(40-5)11-8-20)19(2)15-25-24-12-9-21-16-22(35)13-14-30(21,3)32(24,34)27(37)17-31(25,33)4/h7-8,10-11,13-14,16,19,24-25,27,37H,6,9,12,15,17-18H2,1-5H3/t19-,24-,25-,27-,30-,31-,32-,33-/m0/s1. The summed E-state index contributed by atoms with van der Waals surface area (Å²) < 4.78 is 28.8. The third-order valence-corrected chi connectivity index (χ3v) is 11.8. The van der Waals surface area contributed by atoms with Crippen molar-refractivity contribution in [1.82, 2.24) is 0 Å². The second kappa shape index (κ2) is 10.7. The van der Waals surface area contributed by atoms with Crippen LogP contribution in [0.5, 0.6) is 5.75 Å². The molecule has 0 unspecified atom stereocenters. The first-order chi connectivity index (χ1) is 19.8. The topological polar surface area (TPSA) is 107 Å². The molecule has 42 heavy (non-hydrogen) atoms. The van der Waals surface area contributed by atoms with Crippen LogP contribution in [0.25, 0.3) is 0 Å². The summed E-state index contributed by atoms with van der Waals surface area (Å²) in [5, 5.41) is 11.3. The van der Waals surface area contributed by atoms with Crippen molar-refractivity contribution >= 4 is 34.4 Å². The van der Waals surface area contributed by atoms with Gasteiger partial charge in [-0.2, -0.15) is 0 Å². The number of thioether (sulfide) groups is 1. The number of ketones is 2. The Morgan fingerprint density at radius 3 is 2.48 bits per heavy atom. The van der Waals surface area contributed by atoms with Gasteiger partial charge in [0.05, 0.1) is 19.0 Å². The number of Topliss-reactive ketones (excluding diaryl/α,β-unsaturated/α-hetero) is 1. The minimum absolute atomic E-state index is 0.0437. The van der Waals surface area contributed by atoms with E-state index in [2.05, 4.69) is 0 Å². The van der Waals surface area contributed by atoms with Crippen molar-refractivity contribution in [2.24, 2.45) is 28.6 Å². The number of carbonyl (C=O) groups excluding carboxylic acids is 4. The van der Waals surface area contributed by atoms with Crippen LogP contribution in [0.4, 0.5) is 4.39 Å². The summed E-state index contributed by atoms with van der Waals surface area (Å²) in [7, 11) is 1.53. The highest BCUT2D eigenvalue weighted by atomic mass is 32.2. The Morgan fingerprint density at radius 1 is 1.14 bits per heavy atom. The van der Waals surface area contributed by atoms with Gasteiger partial charge in [0, 0.05) is 34.7 Å². The zero-order chi connectivity index (χ0) is 30.7. The number of hydrogen-bond donors (Lipinski definition) is 1. The first-order valence-electron chi connectivity index (χ1n) is 14.7. The van der Waals surface area contributed by atoms with Crippen LogP contribution < -0.4 is 4.74 Å². The van der Waals surface area contributed by atoms with E-state index in [9.17, 15) is 24.3 Å². The van der Waals surface area contributed by atoms with Crippen LogP contribution in [0, 0.1) is 28.6 Å². The molecule has 0 amide bonds. The molecule has 1 aromatic rings. The Hall–Kier alpha value is -2.78. The van der Waals surface area contributed by atoms with Crippen LogP contribution in [-0.2, 0) is 19.1 Å². The molecule has 0 aliphatic heterocycles. The first-order valence-corrected chi connectivity index (χ1v) is 15.6. The molecule has 1 aromatic carbocycles. The lowest BCUT2D eigenvalue weighted by Crippen LogP contribution is -2.69. The molecule has 0 bridgehead atoms. The molecule has 3 fully saturated rings. The zero-order valence-electron chi connectivity index (χ0n) is 24.8. The number of methoxy groups -OCH3 is 1. The van der Waals surface area contributed by atoms with Crippen LogP contribution >= 0.6 is 11.8 Å². The summed E-state index contributed by atoms with van der Waals surface area (Å²) in [6, 6.07) is 6.60. The van der Waals surface area contributed by atoms with Crippen molar-refractivity contribution < 1.29 is 38.1 Å². The van der Waals surface area contributed by atoms with Crippen molar-refractivity contribution in [3.05, 3.63) is 53.6 Å². The maximum absolute atomic E-state index is 17.6. The summed E-state index contributed by atoms with van der Waals surface area (Å²) in [6.07, 6.45) is 4.25. The smallest absolute Gasteiger partial charge is 0.306 e. The predicted molar refractivity (Wildman–Crippen MR) is 157 cm³/mol. The summed E-state index contributed by atoms with van der Waals surface area (Å²) in [5.74, 6) is -2.03. The van der Waals surface area contributed by atoms with Crippen molar-refractivity contribution in [3.63, 3.8) is 0 Å². The van der Waals surface area contributed by atoms with E-state index in [4.69, 9.17) is 9.47 Å². The molecule has 0 heterocycles. The van der Waals surface area contributed by atoms with Crippen LogP contribution in [0.3, 0.4) is 0 Å². The minimum atomic E-state index is -2.07. The molecule has 0 spiro atoms. The van der Waals surface area contributed by atoms with E-state index < -0.39 is 51.1 Å². The molecule has 0 saturated heterocycles. The molecular weight excluding hydrogens is 559 g/mol. The Bertz CT molecular complexity index is 1370. The van der Waals surface area contributed by atoms with Gasteiger partial charge in [0.1, 0.15) is 5.75 Å². The van der Waals surface area contributed by atoms with E-state index in [0.717, 1.165) is 11.8 Å². The molecule has 1 N–H and O–H groups in total. The second-order valence-corrected chi connectivity index (χ2v) is 13.6. The molecule has 4 aliphatic rings. The fourth-order valence-corrected chi connectivity index (χ4v) is 9.69. The lowest BCUT2D eigenvalue weighted by Gasteiger charge is -2.62. The molecule has 9 heteroatoms. The van der Waals surface area contributed by atoms with Gasteiger partial charge in [-0.05, 0) is 74.9 Å². The highest BCUT2D eigenvalue weighted by molar-refractivity contribution is 8.14. The summed E-state index contributed by atoms with van der Waals surface area (Å²) in [4.78, 5) is 52.3. The van der Waals surface area contributed by atoms with Gasteiger partial charge in [0.25, 0.3) is 0 Å². The average molecular weight is 599 g/mol. The molecule has 8 atom stereocenters. The SMILES string of the molecule is CCC(=O)O[C@]1(C(=O)SCC(=O)c2ccc(OC)cc2)[C@@H](C)C[C@H]2[C@@H]3CCC4=CC(=O)C=C[C@]4(C)[C@@]3(F)[C@@H](O)C[C@@]21C. The van der Waals surface area contributed by atoms with E-state index >= 15 is 4.39 Å². The van der Waals surface area contributed by atoms with Crippen molar-refractivity contribution in [3.8, 4) is 5.75 Å². The number of ether oxygens (including phenoxy) is 2. The molecule has 0 aromatic heterocycles. The van der Waals surface area contributed by atoms with Gasteiger partial charge < -0.3 is 14.6 Å². The fraction of sp³-hybridized carbons (Fsp3) is 0.576. The van der Waals surface area contributed by atoms with E-state index in [1.165, 1.54) is 19.3 Å². The second-order valence-electron chi connectivity index (χ2n) is 12.7. The van der Waals surface area contributed by atoms with Gasteiger partial charge in [-0.25, -0.2) is 4.39 Å². The summed E-state index contributed by atoms with van der Waals surface area (Å²) in [6.45, 7) is 7.08. The quantitative estimate of drug-likeness (QED) is 0.326. The number of aliphatic hydroxyl groups excluding tert-OH is 1. The minimum Gasteiger partial charge on any atom is -0.497 e. The molecule has 0 radical (unpaired) electrons. The van der Waals surface area contributed by atoms with E-state index in [0.29, 0.717) is 36.1 Å². The maximum atomic E-state index is 17.6. The monoisotopic (exact) mass is 598 g/mol. The number of fused-ring (bicyclic) bond motifs is 5. The number of benzene rings is 1. The molecule has 4 aliphatic carbocycles. The molecule has 7 nitrogen and oxygen atoms in total. The van der Waals surface area contributed by atoms with Crippen molar-refractivity contribution in [1.29, 1.82) is 0 Å². The van der Waals surface area contributed by atoms with Gasteiger partial charge >= 0.3 is 5.97 Å². The average Bonchev–Trinajstić information content (AvgIpc) is 3.18. The number of rotatable bonds is 7. The largest absolute Gasteiger partial charge is 0.497 e. The number of alkyl halides is 1. The van der Waals surface area contributed by atoms with Gasteiger partial charge in [0.15, 0.2) is 22.8 Å². The molecule has 3 saturated carbocycles. The number of carbonyl (C=O) groups is 4. The van der Waals surface area contributed by atoms with Gasteiger partial charge in [-0.3, -0.25) is 19.2 Å². The fourth-order valence-electron chi connectivity index (χ4n) is 8.57. The molecule has 226 valence electrons. The number of esters is 1. The van der Waals surface area contributed by atoms with Crippen LogP contribution in [-0.4, -0.2) is 58.0 Å². The van der Waals surface area contributed by atoms with Gasteiger partial charge in [-0.1, -0.05) is 44.2 Å². The Kier molecular flexibility index (Phi) is 7.84. The molecular formula is C33H39FO7S. The van der Waals surface area contributed by atoms with Crippen molar-refractivity contribution in [2.75, 3.05) is 12.9 Å². The lowest BCUT2D eigenvalue weighted by atomic mass is 9.45. The van der Waals surface area contributed by atoms with E-state index in [-0.39, 0.29) is 36.1 Å². The summed E-state index contributed by atoms with van der Waals surface area (Å²) >= 11 is 0.813. The maximum Gasteiger partial charge on any atom is 0.306 e. The van der Waals surface area contributed by atoms with Gasteiger partial charge in [0.2, 0.25) is 5.12 Å². The third-order valence-electron chi connectivity index (χ3n) is 10.8. The Morgan fingerprint density at radius 2 is 1.83 bits per heavy atom. The Balaban J connectivity index is 1.50. The predicted octanol–water partition coefficient (Wildman–Crippen LogP) is 5.45. The number of halogens is 1. The first kappa shape index (κ1) is 30.7. The van der Waals surface area contributed by atoms with Gasteiger partial charge in [-0.15, -0.1) is 0 Å². The normalized spacial score (nSPS) is 38.5.